The number of halogens is 1. The number of rotatable bonds is 5. The Morgan fingerprint density at radius 3 is 2.67 bits per heavy atom. The normalized spacial score (nSPS) is 11.6. The van der Waals surface area contributed by atoms with Crippen LogP contribution in [0.15, 0.2) is 18.2 Å². The molecule has 0 aliphatic rings. The van der Waals surface area contributed by atoms with Gasteiger partial charge in [0.25, 0.3) is 0 Å². The number of amides is 1. The summed E-state index contributed by atoms with van der Waals surface area (Å²) in [5.41, 5.74) is 9.07. The molecule has 3 N–H and O–H groups in total. The molecular weight excluding hydrogens is 248 g/mol. The van der Waals surface area contributed by atoms with E-state index < -0.39 is 0 Å². The standard InChI is InChI=1S/C14H22N2O.ClH/c1-10-6-4-7-13(11(10)2)12(3)16-14(17)8-5-9-15;/h4,6-7,12H,5,8-9,15H2,1-3H3,(H,16,17);1H. The highest BCUT2D eigenvalue weighted by Gasteiger charge is 2.11. The Morgan fingerprint density at radius 2 is 2.06 bits per heavy atom. The number of aryl methyl sites for hydroxylation is 1. The summed E-state index contributed by atoms with van der Waals surface area (Å²) in [5, 5.41) is 3.00. The third-order valence-corrected chi connectivity index (χ3v) is 3.10. The van der Waals surface area contributed by atoms with Crippen LogP contribution in [0.25, 0.3) is 0 Å². The zero-order valence-corrected chi connectivity index (χ0v) is 12.1. The molecule has 0 heterocycles. The molecule has 102 valence electrons. The van der Waals surface area contributed by atoms with Crippen molar-refractivity contribution >= 4 is 18.3 Å². The molecule has 0 aliphatic carbocycles. The topological polar surface area (TPSA) is 55.1 Å². The van der Waals surface area contributed by atoms with Gasteiger partial charge in [-0.15, -0.1) is 12.4 Å². The van der Waals surface area contributed by atoms with Crippen molar-refractivity contribution in [1.29, 1.82) is 0 Å². The minimum Gasteiger partial charge on any atom is -0.350 e. The van der Waals surface area contributed by atoms with E-state index in [4.69, 9.17) is 5.73 Å². The lowest BCUT2D eigenvalue weighted by Crippen LogP contribution is -2.27. The fraction of sp³-hybridized carbons (Fsp3) is 0.500. The quantitative estimate of drug-likeness (QED) is 0.864. The predicted molar refractivity (Wildman–Crippen MR) is 78.0 cm³/mol. The third-order valence-electron chi connectivity index (χ3n) is 3.10. The first-order valence-electron chi connectivity index (χ1n) is 6.11. The smallest absolute Gasteiger partial charge is 0.220 e. The SMILES string of the molecule is Cc1cccc(C(C)NC(=O)CCCN)c1C.Cl. The first-order valence-corrected chi connectivity index (χ1v) is 6.11. The Morgan fingerprint density at radius 1 is 1.39 bits per heavy atom. The van der Waals surface area contributed by atoms with Crippen LogP contribution in [0, 0.1) is 13.8 Å². The molecule has 0 fully saturated rings. The van der Waals surface area contributed by atoms with E-state index in [0.29, 0.717) is 13.0 Å². The van der Waals surface area contributed by atoms with Crippen LogP contribution in [-0.2, 0) is 4.79 Å². The first kappa shape index (κ1) is 16.9. The monoisotopic (exact) mass is 270 g/mol. The second kappa shape index (κ2) is 8.11. The Balaban J connectivity index is 0.00000289. The van der Waals surface area contributed by atoms with Gasteiger partial charge in [-0.1, -0.05) is 18.2 Å². The van der Waals surface area contributed by atoms with Gasteiger partial charge in [0.05, 0.1) is 6.04 Å². The largest absolute Gasteiger partial charge is 0.350 e. The molecule has 3 nitrogen and oxygen atoms in total. The molecule has 0 spiro atoms. The van der Waals surface area contributed by atoms with Gasteiger partial charge in [0.2, 0.25) is 5.91 Å². The Labute approximate surface area is 116 Å². The van der Waals surface area contributed by atoms with Crippen molar-refractivity contribution in [3.8, 4) is 0 Å². The van der Waals surface area contributed by atoms with Crippen molar-refractivity contribution in [3.63, 3.8) is 0 Å². The molecule has 0 radical (unpaired) electrons. The maximum absolute atomic E-state index is 11.6. The Hall–Kier alpha value is -1.06. The van der Waals surface area contributed by atoms with E-state index >= 15 is 0 Å². The molecule has 0 aromatic heterocycles. The highest BCUT2D eigenvalue weighted by atomic mass is 35.5. The van der Waals surface area contributed by atoms with E-state index in [9.17, 15) is 4.79 Å². The highest BCUT2D eigenvalue weighted by Crippen LogP contribution is 2.20. The zero-order valence-electron chi connectivity index (χ0n) is 11.3. The average Bonchev–Trinajstić information content (AvgIpc) is 2.29. The zero-order chi connectivity index (χ0) is 12.8. The summed E-state index contributed by atoms with van der Waals surface area (Å²) >= 11 is 0. The molecule has 1 amide bonds. The molecule has 0 saturated heterocycles. The molecule has 0 aliphatic heterocycles. The molecule has 18 heavy (non-hydrogen) atoms. The van der Waals surface area contributed by atoms with Crippen molar-refractivity contribution in [1.82, 2.24) is 5.32 Å². The lowest BCUT2D eigenvalue weighted by molar-refractivity contribution is -0.121. The van der Waals surface area contributed by atoms with Gasteiger partial charge in [0.15, 0.2) is 0 Å². The molecular formula is C14H23ClN2O. The molecule has 1 unspecified atom stereocenters. The Bertz CT molecular complexity index is 393. The molecule has 0 bridgehead atoms. The molecule has 1 rings (SSSR count). The van der Waals surface area contributed by atoms with E-state index in [1.165, 1.54) is 16.7 Å². The first-order chi connectivity index (χ1) is 8.06. The predicted octanol–water partition coefficient (Wildman–Crippen LogP) is 2.64. The summed E-state index contributed by atoms with van der Waals surface area (Å²) in [6.07, 6.45) is 1.25. The number of benzene rings is 1. The van der Waals surface area contributed by atoms with Crippen LogP contribution in [0.1, 0.15) is 42.5 Å². The number of carbonyl (C=O) groups is 1. The van der Waals surface area contributed by atoms with E-state index in [2.05, 4.69) is 31.3 Å². The van der Waals surface area contributed by atoms with Gasteiger partial charge in [-0.05, 0) is 50.4 Å². The van der Waals surface area contributed by atoms with Gasteiger partial charge >= 0.3 is 0 Å². The summed E-state index contributed by atoms with van der Waals surface area (Å²) in [6, 6.07) is 6.23. The number of hydrogen-bond donors (Lipinski definition) is 2. The van der Waals surface area contributed by atoms with Crippen molar-refractivity contribution in [2.45, 2.75) is 39.7 Å². The van der Waals surface area contributed by atoms with Crippen LogP contribution in [-0.4, -0.2) is 12.5 Å². The minimum absolute atomic E-state index is 0. The van der Waals surface area contributed by atoms with Crippen LogP contribution in [0.4, 0.5) is 0 Å². The van der Waals surface area contributed by atoms with E-state index in [1.807, 2.05) is 13.0 Å². The third kappa shape index (κ3) is 4.67. The van der Waals surface area contributed by atoms with E-state index in [-0.39, 0.29) is 24.4 Å². The summed E-state index contributed by atoms with van der Waals surface area (Å²) in [6.45, 7) is 6.75. The molecule has 1 aromatic carbocycles. The fourth-order valence-corrected chi connectivity index (χ4v) is 1.90. The van der Waals surface area contributed by atoms with Gasteiger partial charge in [-0.2, -0.15) is 0 Å². The van der Waals surface area contributed by atoms with Gasteiger partial charge < -0.3 is 11.1 Å². The molecule has 4 heteroatoms. The van der Waals surface area contributed by atoms with Crippen molar-refractivity contribution in [2.75, 3.05) is 6.54 Å². The van der Waals surface area contributed by atoms with Crippen LogP contribution < -0.4 is 11.1 Å². The second-order valence-corrected chi connectivity index (χ2v) is 4.47. The van der Waals surface area contributed by atoms with E-state index in [0.717, 1.165) is 6.42 Å². The lowest BCUT2D eigenvalue weighted by Gasteiger charge is -2.17. The maximum Gasteiger partial charge on any atom is 0.220 e. The minimum atomic E-state index is 0. The van der Waals surface area contributed by atoms with Crippen molar-refractivity contribution < 1.29 is 4.79 Å². The maximum atomic E-state index is 11.6. The molecule has 1 atom stereocenters. The van der Waals surface area contributed by atoms with Gasteiger partial charge in [-0.25, -0.2) is 0 Å². The Kier molecular flexibility index (Phi) is 7.64. The van der Waals surface area contributed by atoms with E-state index in [1.54, 1.807) is 0 Å². The summed E-state index contributed by atoms with van der Waals surface area (Å²) in [7, 11) is 0. The molecule has 0 saturated carbocycles. The highest BCUT2D eigenvalue weighted by molar-refractivity contribution is 5.85. The van der Waals surface area contributed by atoms with Gasteiger partial charge in [0, 0.05) is 6.42 Å². The number of carbonyl (C=O) groups excluding carboxylic acids is 1. The molecule has 1 aromatic rings. The van der Waals surface area contributed by atoms with Crippen LogP contribution in [0.3, 0.4) is 0 Å². The van der Waals surface area contributed by atoms with Crippen molar-refractivity contribution in [3.05, 3.63) is 34.9 Å². The van der Waals surface area contributed by atoms with Crippen LogP contribution in [0.2, 0.25) is 0 Å². The number of hydrogen-bond acceptors (Lipinski definition) is 2. The lowest BCUT2D eigenvalue weighted by atomic mass is 9.98. The summed E-state index contributed by atoms with van der Waals surface area (Å²) in [5.74, 6) is 0.0730. The van der Waals surface area contributed by atoms with Gasteiger partial charge in [-0.3, -0.25) is 4.79 Å². The van der Waals surface area contributed by atoms with Crippen LogP contribution >= 0.6 is 12.4 Å². The average molecular weight is 271 g/mol. The number of nitrogens with one attached hydrogen (secondary N) is 1. The summed E-state index contributed by atoms with van der Waals surface area (Å²) in [4.78, 5) is 11.6. The van der Waals surface area contributed by atoms with Crippen LogP contribution in [0.5, 0.6) is 0 Å². The van der Waals surface area contributed by atoms with Crippen molar-refractivity contribution in [2.24, 2.45) is 5.73 Å². The fourth-order valence-electron chi connectivity index (χ4n) is 1.90. The number of nitrogens with two attached hydrogens (primary N) is 1. The summed E-state index contributed by atoms with van der Waals surface area (Å²) < 4.78 is 0. The second-order valence-electron chi connectivity index (χ2n) is 4.47. The van der Waals surface area contributed by atoms with Gasteiger partial charge in [0.1, 0.15) is 0 Å².